The number of aromatic carboxylic acids is 1. The maximum Gasteiger partial charge on any atom is 0.336 e. The number of carbonyl (C=O) groups excluding carboxylic acids is 1. The van der Waals surface area contributed by atoms with E-state index in [1.165, 1.54) is 0 Å². The molecule has 0 atom stereocenters. The first-order valence-electron chi connectivity index (χ1n) is 7.40. The number of nitrogens with zero attached hydrogens (tertiary/aromatic N) is 2. The molecule has 1 aromatic heterocycles. The van der Waals surface area contributed by atoms with E-state index in [-0.39, 0.29) is 11.5 Å². The molecule has 0 unspecified atom stereocenters. The second-order valence-corrected chi connectivity index (χ2v) is 5.46. The van der Waals surface area contributed by atoms with Gasteiger partial charge in [0.15, 0.2) is 0 Å². The average molecular weight is 311 g/mol. The summed E-state index contributed by atoms with van der Waals surface area (Å²) in [6.07, 6.45) is 1.74. The fraction of sp³-hybridized carbons (Fsp3) is 0.235. The zero-order valence-electron chi connectivity index (χ0n) is 12.5. The summed E-state index contributed by atoms with van der Waals surface area (Å²) in [7, 11) is 0. The standard InChI is InChI=1S/C17H17N3O3/c21-16-11-20(8-7-18-16)10-12-5-6-15(19-9-12)13-3-1-2-4-14(13)17(22)23/h1-6,9H,7-8,10-11H2,(H,18,21)(H,22,23). The molecular formula is C17H17N3O3. The Balaban J connectivity index is 1.77. The molecule has 0 bridgehead atoms. The van der Waals surface area contributed by atoms with Crippen molar-refractivity contribution in [3.63, 3.8) is 0 Å². The zero-order chi connectivity index (χ0) is 16.2. The van der Waals surface area contributed by atoms with Gasteiger partial charge in [0, 0.05) is 31.4 Å². The van der Waals surface area contributed by atoms with Crippen LogP contribution >= 0.6 is 0 Å². The largest absolute Gasteiger partial charge is 0.478 e. The highest BCUT2D eigenvalue weighted by atomic mass is 16.4. The first-order valence-corrected chi connectivity index (χ1v) is 7.40. The van der Waals surface area contributed by atoms with Crippen molar-refractivity contribution < 1.29 is 14.7 Å². The lowest BCUT2D eigenvalue weighted by Crippen LogP contribution is -2.47. The van der Waals surface area contributed by atoms with E-state index in [0.717, 1.165) is 12.1 Å². The fourth-order valence-electron chi connectivity index (χ4n) is 2.65. The van der Waals surface area contributed by atoms with Gasteiger partial charge in [0.05, 0.1) is 17.8 Å². The predicted molar refractivity (Wildman–Crippen MR) is 84.9 cm³/mol. The van der Waals surface area contributed by atoms with Crippen LogP contribution in [-0.4, -0.2) is 46.5 Å². The van der Waals surface area contributed by atoms with Crippen molar-refractivity contribution in [2.45, 2.75) is 6.54 Å². The van der Waals surface area contributed by atoms with Gasteiger partial charge in [0.1, 0.15) is 0 Å². The van der Waals surface area contributed by atoms with Crippen LogP contribution in [0.5, 0.6) is 0 Å². The van der Waals surface area contributed by atoms with Crippen LogP contribution in [0.4, 0.5) is 0 Å². The number of carbonyl (C=O) groups is 2. The van der Waals surface area contributed by atoms with Gasteiger partial charge < -0.3 is 10.4 Å². The molecule has 0 spiro atoms. The van der Waals surface area contributed by atoms with Gasteiger partial charge in [-0.15, -0.1) is 0 Å². The fourth-order valence-corrected chi connectivity index (χ4v) is 2.65. The first-order chi connectivity index (χ1) is 11.1. The van der Waals surface area contributed by atoms with Gasteiger partial charge in [0.25, 0.3) is 0 Å². The average Bonchev–Trinajstić information content (AvgIpc) is 2.55. The van der Waals surface area contributed by atoms with E-state index in [9.17, 15) is 14.7 Å². The van der Waals surface area contributed by atoms with Gasteiger partial charge >= 0.3 is 5.97 Å². The number of aromatic nitrogens is 1. The van der Waals surface area contributed by atoms with Crippen LogP contribution in [-0.2, 0) is 11.3 Å². The number of pyridine rings is 1. The highest BCUT2D eigenvalue weighted by Gasteiger charge is 2.16. The lowest BCUT2D eigenvalue weighted by atomic mass is 10.0. The highest BCUT2D eigenvalue weighted by molar-refractivity contribution is 5.95. The number of hydrogen-bond acceptors (Lipinski definition) is 4. The second kappa shape index (κ2) is 6.58. The molecule has 6 heteroatoms. The maximum atomic E-state index is 11.4. The molecule has 2 N–H and O–H groups in total. The van der Waals surface area contributed by atoms with Gasteiger partial charge in [-0.3, -0.25) is 14.7 Å². The second-order valence-electron chi connectivity index (χ2n) is 5.46. The summed E-state index contributed by atoms with van der Waals surface area (Å²) in [6, 6.07) is 10.6. The summed E-state index contributed by atoms with van der Waals surface area (Å²) < 4.78 is 0. The van der Waals surface area contributed by atoms with Gasteiger partial charge in [-0.1, -0.05) is 24.3 Å². The van der Waals surface area contributed by atoms with Crippen LogP contribution in [0, 0.1) is 0 Å². The Morgan fingerprint density at radius 2 is 2.09 bits per heavy atom. The van der Waals surface area contributed by atoms with E-state index in [2.05, 4.69) is 15.2 Å². The third-order valence-electron chi connectivity index (χ3n) is 3.78. The minimum Gasteiger partial charge on any atom is -0.478 e. The predicted octanol–water partition coefficient (Wildman–Crippen LogP) is 1.38. The van der Waals surface area contributed by atoms with Gasteiger partial charge in [-0.05, 0) is 17.7 Å². The smallest absolute Gasteiger partial charge is 0.336 e. The SMILES string of the molecule is O=C1CN(Cc2ccc(-c3ccccc3C(=O)O)nc2)CCN1. The molecule has 23 heavy (non-hydrogen) atoms. The minimum atomic E-state index is -0.967. The molecule has 1 aromatic carbocycles. The van der Waals surface area contributed by atoms with Crippen molar-refractivity contribution in [2.75, 3.05) is 19.6 Å². The van der Waals surface area contributed by atoms with Crippen LogP contribution < -0.4 is 5.32 Å². The normalized spacial score (nSPS) is 15.2. The lowest BCUT2D eigenvalue weighted by molar-refractivity contribution is -0.124. The Labute approximate surface area is 133 Å². The number of piperazine rings is 1. The summed E-state index contributed by atoms with van der Waals surface area (Å²) in [5, 5.41) is 12.0. The van der Waals surface area contributed by atoms with E-state index in [4.69, 9.17) is 0 Å². The molecule has 1 aliphatic rings. The molecule has 2 aromatic rings. The number of amides is 1. The Bertz CT molecular complexity index is 728. The van der Waals surface area contributed by atoms with Crippen molar-refractivity contribution in [1.82, 2.24) is 15.2 Å². The van der Waals surface area contributed by atoms with E-state index in [0.29, 0.717) is 30.9 Å². The highest BCUT2D eigenvalue weighted by Crippen LogP contribution is 2.22. The Kier molecular flexibility index (Phi) is 4.34. The molecular weight excluding hydrogens is 294 g/mol. The summed E-state index contributed by atoms with van der Waals surface area (Å²) in [5.41, 5.74) is 2.46. The van der Waals surface area contributed by atoms with Gasteiger partial charge in [-0.25, -0.2) is 4.79 Å². The third kappa shape index (κ3) is 3.54. The van der Waals surface area contributed by atoms with Crippen molar-refractivity contribution in [2.24, 2.45) is 0 Å². The third-order valence-corrected chi connectivity index (χ3v) is 3.78. The number of benzene rings is 1. The van der Waals surface area contributed by atoms with Crippen LogP contribution in [0.25, 0.3) is 11.3 Å². The Hall–Kier alpha value is -2.73. The molecule has 0 radical (unpaired) electrons. The van der Waals surface area contributed by atoms with E-state index in [1.54, 1.807) is 30.5 Å². The summed E-state index contributed by atoms with van der Waals surface area (Å²) in [4.78, 5) is 29.1. The molecule has 1 aliphatic heterocycles. The van der Waals surface area contributed by atoms with Crippen molar-refractivity contribution in [3.8, 4) is 11.3 Å². The Morgan fingerprint density at radius 1 is 1.26 bits per heavy atom. The van der Waals surface area contributed by atoms with Crippen molar-refractivity contribution >= 4 is 11.9 Å². The minimum absolute atomic E-state index is 0.0382. The summed E-state index contributed by atoms with van der Waals surface area (Å²) in [6.45, 7) is 2.52. The first kappa shape index (κ1) is 15.2. The lowest BCUT2D eigenvalue weighted by Gasteiger charge is -2.26. The molecule has 1 amide bonds. The van der Waals surface area contributed by atoms with E-state index >= 15 is 0 Å². The Morgan fingerprint density at radius 3 is 2.78 bits per heavy atom. The number of nitrogens with one attached hydrogen (secondary N) is 1. The molecule has 0 aliphatic carbocycles. The van der Waals surface area contributed by atoms with Gasteiger partial charge in [-0.2, -0.15) is 0 Å². The molecule has 6 nitrogen and oxygen atoms in total. The monoisotopic (exact) mass is 311 g/mol. The number of carboxylic acids is 1. The zero-order valence-corrected chi connectivity index (χ0v) is 12.5. The number of carboxylic acid groups (broad SMARTS) is 1. The molecule has 0 saturated carbocycles. The number of rotatable bonds is 4. The van der Waals surface area contributed by atoms with Gasteiger partial charge in [0.2, 0.25) is 5.91 Å². The molecule has 1 saturated heterocycles. The van der Waals surface area contributed by atoms with Crippen molar-refractivity contribution in [1.29, 1.82) is 0 Å². The summed E-state index contributed by atoms with van der Waals surface area (Å²) >= 11 is 0. The number of hydrogen-bond donors (Lipinski definition) is 2. The van der Waals surface area contributed by atoms with Crippen molar-refractivity contribution in [3.05, 3.63) is 53.7 Å². The van der Waals surface area contributed by atoms with Crippen LogP contribution in [0.1, 0.15) is 15.9 Å². The van der Waals surface area contributed by atoms with Crippen LogP contribution in [0.3, 0.4) is 0 Å². The molecule has 118 valence electrons. The van der Waals surface area contributed by atoms with Crippen LogP contribution in [0.15, 0.2) is 42.6 Å². The van der Waals surface area contributed by atoms with E-state index < -0.39 is 5.97 Å². The topological polar surface area (TPSA) is 82.5 Å². The van der Waals surface area contributed by atoms with E-state index in [1.807, 2.05) is 12.1 Å². The quantitative estimate of drug-likeness (QED) is 0.891. The summed E-state index contributed by atoms with van der Waals surface area (Å²) in [5.74, 6) is -0.929. The van der Waals surface area contributed by atoms with Crippen LogP contribution in [0.2, 0.25) is 0 Å². The molecule has 2 heterocycles. The molecule has 1 fully saturated rings. The molecule has 3 rings (SSSR count). The maximum absolute atomic E-state index is 11.4.